The fourth-order valence-corrected chi connectivity index (χ4v) is 3.38. The summed E-state index contributed by atoms with van der Waals surface area (Å²) in [6.45, 7) is 0. The zero-order valence-corrected chi connectivity index (χ0v) is 15.3. The Kier molecular flexibility index (Phi) is 4.94. The standard InChI is InChI=1S/C26H20O2/c27-23-15-11-21(12-16-23)25(19-7-3-1-4-8-19)26(20-9-5-2-6-10-20)22-13-17-24(28)18-14-22/h1-18,27-28H/b26-25-. The molecule has 0 bridgehead atoms. The van der Waals surface area contributed by atoms with Gasteiger partial charge in [-0.05, 0) is 57.7 Å². The SMILES string of the molecule is Oc1ccc(/C(=C(/c2ccccc2)c2ccc(O)cc2)c2ccccc2)cc1. The van der Waals surface area contributed by atoms with Crippen LogP contribution in [0.2, 0.25) is 0 Å². The molecule has 4 aromatic rings. The monoisotopic (exact) mass is 364 g/mol. The van der Waals surface area contributed by atoms with Crippen LogP contribution in [0, 0.1) is 0 Å². The van der Waals surface area contributed by atoms with Crippen molar-refractivity contribution in [2.24, 2.45) is 0 Å². The number of rotatable bonds is 4. The maximum atomic E-state index is 9.77. The molecule has 28 heavy (non-hydrogen) atoms. The Morgan fingerprint density at radius 3 is 0.964 bits per heavy atom. The summed E-state index contributed by atoms with van der Waals surface area (Å²) < 4.78 is 0. The van der Waals surface area contributed by atoms with E-state index in [-0.39, 0.29) is 11.5 Å². The fourth-order valence-electron chi connectivity index (χ4n) is 3.38. The zero-order chi connectivity index (χ0) is 19.3. The van der Waals surface area contributed by atoms with E-state index in [9.17, 15) is 10.2 Å². The van der Waals surface area contributed by atoms with E-state index >= 15 is 0 Å². The number of phenolic OH excluding ortho intramolecular Hbond substituents is 2. The topological polar surface area (TPSA) is 40.5 Å². The smallest absolute Gasteiger partial charge is 0.115 e. The lowest BCUT2D eigenvalue weighted by atomic mass is 9.86. The Labute approximate surface area is 164 Å². The van der Waals surface area contributed by atoms with Gasteiger partial charge in [0, 0.05) is 0 Å². The predicted molar refractivity (Wildman–Crippen MR) is 114 cm³/mol. The molecular formula is C26H20O2. The molecule has 0 unspecified atom stereocenters. The van der Waals surface area contributed by atoms with Crippen molar-refractivity contribution in [1.29, 1.82) is 0 Å². The molecule has 0 amide bonds. The van der Waals surface area contributed by atoms with Crippen molar-refractivity contribution in [3.63, 3.8) is 0 Å². The summed E-state index contributed by atoms with van der Waals surface area (Å²) in [6.07, 6.45) is 0. The highest BCUT2D eigenvalue weighted by atomic mass is 16.3. The predicted octanol–water partition coefficient (Wildman–Crippen LogP) is 6.11. The number of hydrogen-bond acceptors (Lipinski definition) is 2. The minimum atomic E-state index is 0.238. The molecule has 0 radical (unpaired) electrons. The van der Waals surface area contributed by atoms with Crippen molar-refractivity contribution in [2.75, 3.05) is 0 Å². The van der Waals surface area contributed by atoms with Crippen molar-refractivity contribution in [3.05, 3.63) is 131 Å². The number of benzene rings is 4. The van der Waals surface area contributed by atoms with Gasteiger partial charge in [-0.25, -0.2) is 0 Å². The molecule has 0 aliphatic heterocycles. The first-order valence-electron chi connectivity index (χ1n) is 9.16. The Hall–Kier alpha value is -3.78. The first-order chi connectivity index (χ1) is 13.7. The van der Waals surface area contributed by atoms with Gasteiger partial charge in [-0.3, -0.25) is 0 Å². The van der Waals surface area contributed by atoms with Crippen LogP contribution in [0.4, 0.5) is 0 Å². The van der Waals surface area contributed by atoms with E-state index in [1.54, 1.807) is 24.3 Å². The van der Waals surface area contributed by atoms with Crippen molar-refractivity contribution < 1.29 is 10.2 Å². The van der Waals surface area contributed by atoms with Gasteiger partial charge in [0.2, 0.25) is 0 Å². The average Bonchev–Trinajstić information content (AvgIpc) is 2.75. The molecule has 0 aliphatic rings. The van der Waals surface area contributed by atoms with Gasteiger partial charge in [-0.15, -0.1) is 0 Å². The third-order valence-corrected chi connectivity index (χ3v) is 4.69. The number of aromatic hydroxyl groups is 2. The summed E-state index contributed by atoms with van der Waals surface area (Å²) in [7, 11) is 0. The first kappa shape index (κ1) is 17.6. The second kappa shape index (κ2) is 7.85. The van der Waals surface area contributed by atoms with Gasteiger partial charge < -0.3 is 10.2 Å². The van der Waals surface area contributed by atoms with E-state index in [0.717, 1.165) is 33.4 Å². The van der Waals surface area contributed by atoms with Gasteiger partial charge in [0.25, 0.3) is 0 Å². The molecule has 2 N–H and O–H groups in total. The first-order valence-corrected chi connectivity index (χ1v) is 9.16. The van der Waals surface area contributed by atoms with Crippen LogP contribution in [0.5, 0.6) is 11.5 Å². The van der Waals surface area contributed by atoms with Gasteiger partial charge >= 0.3 is 0 Å². The summed E-state index contributed by atoms with van der Waals surface area (Å²) in [4.78, 5) is 0. The lowest BCUT2D eigenvalue weighted by molar-refractivity contribution is 0.474. The highest BCUT2D eigenvalue weighted by Gasteiger charge is 2.16. The lowest BCUT2D eigenvalue weighted by Crippen LogP contribution is -1.97. The minimum Gasteiger partial charge on any atom is -0.508 e. The molecule has 4 aromatic carbocycles. The Balaban J connectivity index is 2.08. The molecule has 0 aromatic heterocycles. The average molecular weight is 364 g/mol. The van der Waals surface area contributed by atoms with Crippen LogP contribution in [-0.2, 0) is 0 Å². The Morgan fingerprint density at radius 2 is 0.643 bits per heavy atom. The highest BCUT2D eigenvalue weighted by Crippen LogP contribution is 2.37. The van der Waals surface area contributed by atoms with E-state index in [4.69, 9.17) is 0 Å². The van der Waals surface area contributed by atoms with E-state index in [1.165, 1.54) is 0 Å². The van der Waals surface area contributed by atoms with Crippen molar-refractivity contribution in [2.45, 2.75) is 0 Å². The van der Waals surface area contributed by atoms with Crippen LogP contribution in [-0.4, -0.2) is 10.2 Å². The molecule has 0 saturated heterocycles. The molecule has 0 saturated carbocycles. The molecule has 136 valence electrons. The van der Waals surface area contributed by atoms with Gasteiger partial charge in [-0.2, -0.15) is 0 Å². The quantitative estimate of drug-likeness (QED) is 0.429. The van der Waals surface area contributed by atoms with Crippen molar-refractivity contribution in [3.8, 4) is 11.5 Å². The van der Waals surface area contributed by atoms with Crippen LogP contribution in [0.1, 0.15) is 22.3 Å². The van der Waals surface area contributed by atoms with E-state index in [1.807, 2.05) is 60.7 Å². The fraction of sp³-hybridized carbons (Fsp3) is 0. The third-order valence-electron chi connectivity index (χ3n) is 4.69. The molecule has 0 fully saturated rings. The van der Waals surface area contributed by atoms with E-state index in [0.29, 0.717) is 0 Å². The molecule has 0 spiro atoms. The molecule has 0 atom stereocenters. The van der Waals surface area contributed by atoms with Crippen LogP contribution >= 0.6 is 0 Å². The molecule has 0 aliphatic carbocycles. The molecule has 2 nitrogen and oxygen atoms in total. The Bertz CT molecular complexity index is 988. The molecular weight excluding hydrogens is 344 g/mol. The maximum absolute atomic E-state index is 9.77. The van der Waals surface area contributed by atoms with E-state index in [2.05, 4.69) is 24.3 Å². The lowest BCUT2D eigenvalue weighted by Gasteiger charge is -2.18. The molecule has 0 heterocycles. The van der Waals surface area contributed by atoms with Crippen LogP contribution in [0.15, 0.2) is 109 Å². The van der Waals surface area contributed by atoms with Gasteiger partial charge in [0.15, 0.2) is 0 Å². The molecule has 4 rings (SSSR count). The normalized spacial score (nSPS) is 11.7. The minimum absolute atomic E-state index is 0.238. The summed E-state index contributed by atoms with van der Waals surface area (Å²) in [5.74, 6) is 0.476. The van der Waals surface area contributed by atoms with Gasteiger partial charge in [0.1, 0.15) is 11.5 Å². The van der Waals surface area contributed by atoms with Crippen LogP contribution in [0.3, 0.4) is 0 Å². The second-order valence-electron chi connectivity index (χ2n) is 6.58. The second-order valence-corrected chi connectivity index (χ2v) is 6.58. The third kappa shape index (κ3) is 3.67. The summed E-state index contributed by atoms with van der Waals surface area (Å²) in [5, 5.41) is 19.5. The van der Waals surface area contributed by atoms with Crippen molar-refractivity contribution in [1.82, 2.24) is 0 Å². The Morgan fingerprint density at radius 1 is 0.357 bits per heavy atom. The van der Waals surface area contributed by atoms with Crippen LogP contribution < -0.4 is 0 Å². The van der Waals surface area contributed by atoms with Gasteiger partial charge in [0.05, 0.1) is 0 Å². The largest absolute Gasteiger partial charge is 0.508 e. The number of phenols is 2. The van der Waals surface area contributed by atoms with E-state index < -0.39 is 0 Å². The summed E-state index contributed by atoms with van der Waals surface area (Å²) >= 11 is 0. The zero-order valence-electron chi connectivity index (χ0n) is 15.3. The van der Waals surface area contributed by atoms with Gasteiger partial charge in [-0.1, -0.05) is 84.9 Å². The maximum Gasteiger partial charge on any atom is 0.115 e. The summed E-state index contributed by atoms with van der Waals surface area (Å²) in [5.41, 5.74) is 6.32. The van der Waals surface area contributed by atoms with Crippen LogP contribution in [0.25, 0.3) is 11.1 Å². The summed E-state index contributed by atoms with van der Waals surface area (Å²) in [6, 6.07) is 35.0. The number of hydrogen-bond donors (Lipinski definition) is 2. The highest BCUT2D eigenvalue weighted by molar-refractivity contribution is 6.04. The van der Waals surface area contributed by atoms with Crippen molar-refractivity contribution >= 4 is 11.1 Å². The molecule has 2 heteroatoms.